The lowest BCUT2D eigenvalue weighted by Gasteiger charge is -2.11. The summed E-state index contributed by atoms with van der Waals surface area (Å²) >= 11 is 0. The van der Waals surface area contributed by atoms with E-state index in [0.717, 1.165) is 11.3 Å². The molecule has 162 valence electrons. The molecule has 0 atom stereocenters. The van der Waals surface area contributed by atoms with Gasteiger partial charge in [-0.3, -0.25) is 9.78 Å². The largest absolute Gasteiger partial charge is 0.487 e. The van der Waals surface area contributed by atoms with E-state index in [1.165, 1.54) is 24.3 Å². The van der Waals surface area contributed by atoms with Gasteiger partial charge < -0.3 is 10.1 Å². The summed E-state index contributed by atoms with van der Waals surface area (Å²) in [5.41, 5.74) is 2.09. The van der Waals surface area contributed by atoms with Crippen LogP contribution < -0.4 is 14.8 Å². The van der Waals surface area contributed by atoms with Crippen LogP contribution in [0.4, 0.5) is 0 Å². The molecule has 2 aromatic carbocycles. The lowest BCUT2D eigenvalue weighted by atomic mass is 10.2. The maximum atomic E-state index is 12.4. The van der Waals surface area contributed by atoms with Gasteiger partial charge in [-0.1, -0.05) is 18.2 Å². The van der Waals surface area contributed by atoms with Crippen LogP contribution in [0.25, 0.3) is 0 Å². The van der Waals surface area contributed by atoms with Crippen molar-refractivity contribution in [2.75, 3.05) is 0 Å². The Hall–Kier alpha value is -3.23. The van der Waals surface area contributed by atoms with Crippen molar-refractivity contribution in [2.45, 2.75) is 37.9 Å². The van der Waals surface area contributed by atoms with Gasteiger partial charge in [-0.05, 0) is 67.9 Å². The fourth-order valence-corrected chi connectivity index (χ4v) is 4.09. The first-order chi connectivity index (χ1) is 14.8. The molecule has 0 unspecified atom stereocenters. The number of amides is 1. The summed E-state index contributed by atoms with van der Waals surface area (Å²) in [5.74, 6) is 0.394. The molecule has 1 aromatic heterocycles. The fourth-order valence-electron chi connectivity index (χ4n) is 2.83. The Balaban J connectivity index is 1.57. The number of hydrogen-bond donors (Lipinski definition) is 2. The van der Waals surface area contributed by atoms with E-state index < -0.39 is 10.0 Å². The van der Waals surface area contributed by atoms with Gasteiger partial charge in [0.15, 0.2) is 0 Å². The zero-order chi connectivity index (χ0) is 22.3. The van der Waals surface area contributed by atoms with Crippen LogP contribution in [0.5, 0.6) is 5.75 Å². The smallest absolute Gasteiger partial charge is 0.251 e. The van der Waals surface area contributed by atoms with E-state index in [4.69, 9.17) is 4.74 Å². The normalized spacial score (nSPS) is 11.3. The van der Waals surface area contributed by atoms with Gasteiger partial charge in [-0.25, -0.2) is 13.1 Å². The standard InChI is InChI=1S/C23H25N3O4S/c1-17(2)26-31(28,29)22-11-9-19(10-12-22)23(27)25-15-18-6-5-8-21(14-18)30-16-20-7-3-4-13-24-20/h3-14,17,26H,15-16H2,1-2H3,(H,25,27). The summed E-state index contributed by atoms with van der Waals surface area (Å²) in [6, 6.07) is 18.7. The Morgan fingerprint density at radius 2 is 1.81 bits per heavy atom. The van der Waals surface area contributed by atoms with E-state index >= 15 is 0 Å². The molecule has 3 rings (SSSR count). The lowest BCUT2D eigenvalue weighted by molar-refractivity contribution is 0.0950. The second kappa shape index (κ2) is 10.2. The average Bonchev–Trinajstić information content (AvgIpc) is 2.76. The first-order valence-electron chi connectivity index (χ1n) is 9.86. The fraction of sp³-hybridized carbons (Fsp3) is 0.217. The van der Waals surface area contributed by atoms with E-state index in [1.54, 1.807) is 20.0 Å². The number of benzene rings is 2. The zero-order valence-electron chi connectivity index (χ0n) is 17.4. The molecule has 0 bridgehead atoms. The minimum absolute atomic E-state index is 0.121. The highest BCUT2D eigenvalue weighted by Crippen LogP contribution is 2.15. The molecule has 7 nitrogen and oxygen atoms in total. The van der Waals surface area contributed by atoms with Gasteiger partial charge in [0.1, 0.15) is 12.4 Å². The van der Waals surface area contributed by atoms with Crippen LogP contribution in [0.2, 0.25) is 0 Å². The van der Waals surface area contributed by atoms with Crippen LogP contribution >= 0.6 is 0 Å². The van der Waals surface area contributed by atoms with Gasteiger partial charge in [0.2, 0.25) is 10.0 Å². The Bertz CT molecular complexity index is 1120. The van der Waals surface area contributed by atoms with Crippen LogP contribution in [0.15, 0.2) is 77.8 Å². The van der Waals surface area contributed by atoms with Gasteiger partial charge in [-0.2, -0.15) is 0 Å². The molecule has 1 heterocycles. The lowest BCUT2D eigenvalue weighted by Crippen LogP contribution is -2.30. The molecular formula is C23H25N3O4S. The first kappa shape index (κ1) is 22.5. The molecule has 0 saturated heterocycles. The molecule has 0 aliphatic carbocycles. The molecular weight excluding hydrogens is 414 g/mol. The zero-order valence-corrected chi connectivity index (χ0v) is 18.2. The molecule has 0 fully saturated rings. The van der Waals surface area contributed by atoms with Crippen LogP contribution in [-0.2, 0) is 23.2 Å². The van der Waals surface area contributed by atoms with Crippen LogP contribution in [0.1, 0.15) is 35.5 Å². The number of hydrogen-bond acceptors (Lipinski definition) is 5. The predicted octanol–water partition coefficient (Wildman–Crippen LogP) is 3.28. The Morgan fingerprint density at radius 1 is 1.03 bits per heavy atom. The molecule has 2 N–H and O–H groups in total. The molecule has 0 aliphatic rings. The van der Waals surface area contributed by atoms with Crippen molar-refractivity contribution >= 4 is 15.9 Å². The van der Waals surface area contributed by atoms with E-state index in [9.17, 15) is 13.2 Å². The maximum absolute atomic E-state index is 12.4. The van der Waals surface area contributed by atoms with Crippen molar-refractivity contribution in [3.8, 4) is 5.75 Å². The van der Waals surface area contributed by atoms with E-state index in [1.807, 2.05) is 42.5 Å². The number of ether oxygens (including phenoxy) is 1. The quantitative estimate of drug-likeness (QED) is 0.533. The third kappa shape index (κ3) is 6.63. The van der Waals surface area contributed by atoms with Gasteiger partial charge in [0, 0.05) is 24.3 Å². The van der Waals surface area contributed by atoms with Crippen LogP contribution in [0.3, 0.4) is 0 Å². The highest BCUT2D eigenvalue weighted by Gasteiger charge is 2.16. The van der Waals surface area contributed by atoms with Gasteiger partial charge in [0.05, 0.1) is 10.6 Å². The van der Waals surface area contributed by atoms with Crippen molar-refractivity contribution in [2.24, 2.45) is 0 Å². The molecule has 0 radical (unpaired) electrons. The molecule has 1 amide bonds. The van der Waals surface area contributed by atoms with Gasteiger partial charge in [-0.15, -0.1) is 0 Å². The predicted molar refractivity (Wildman–Crippen MR) is 118 cm³/mol. The van der Waals surface area contributed by atoms with Crippen molar-refractivity contribution in [3.63, 3.8) is 0 Å². The Labute approximate surface area is 182 Å². The summed E-state index contributed by atoms with van der Waals surface area (Å²) in [6.45, 7) is 4.17. The monoisotopic (exact) mass is 439 g/mol. The van der Waals surface area contributed by atoms with Crippen LogP contribution in [0, 0.1) is 0 Å². The van der Waals surface area contributed by atoms with Crippen molar-refractivity contribution in [1.82, 2.24) is 15.0 Å². The number of aromatic nitrogens is 1. The number of sulfonamides is 1. The number of carbonyl (C=O) groups is 1. The summed E-state index contributed by atoms with van der Waals surface area (Å²) < 4.78 is 32.6. The molecule has 8 heteroatoms. The second-order valence-electron chi connectivity index (χ2n) is 7.24. The van der Waals surface area contributed by atoms with Crippen molar-refractivity contribution in [3.05, 3.63) is 89.7 Å². The minimum Gasteiger partial charge on any atom is -0.487 e. The topological polar surface area (TPSA) is 97.4 Å². The number of carbonyl (C=O) groups excluding carboxylic acids is 1. The molecule has 3 aromatic rings. The van der Waals surface area contributed by atoms with E-state index in [-0.39, 0.29) is 16.8 Å². The summed E-state index contributed by atoms with van der Waals surface area (Å²) in [5, 5.41) is 2.83. The number of pyridine rings is 1. The molecule has 31 heavy (non-hydrogen) atoms. The third-order valence-corrected chi connectivity index (χ3v) is 5.96. The highest BCUT2D eigenvalue weighted by molar-refractivity contribution is 7.89. The summed E-state index contributed by atoms with van der Waals surface area (Å²) in [7, 11) is -3.59. The Morgan fingerprint density at radius 3 is 2.48 bits per heavy atom. The highest BCUT2D eigenvalue weighted by atomic mass is 32.2. The first-order valence-corrected chi connectivity index (χ1v) is 11.3. The second-order valence-corrected chi connectivity index (χ2v) is 8.95. The number of nitrogens with one attached hydrogen (secondary N) is 2. The molecule has 0 saturated carbocycles. The molecule has 0 aliphatic heterocycles. The third-order valence-electron chi connectivity index (χ3n) is 4.28. The minimum atomic E-state index is -3.59. The number of rotatable bonds is 9. The van der Waals surface area contributed by atoms with Crippen molar-refractivity contribution in [1.29, 1.82) is 0 Å². The summed E-state index contributed by atoms with van der Waals surface area (Å²) in [4.78, 5) is 16.8. The summed E-state index contributed by atoms with van der Waals surface area (Å²) in [6.07, 6.45) is 1.72. The SMILES string of the molecule is CC(C)NS(=O)(=O)c1ccc(C(=O)NCc2cccc(OCc3ccccn3)c2)cc1. The van der Waals surface area contributed by atoms with E-state index in [0.29, 0.717) is 24.5 Å². The number of nitrogens with zero attached hydrogens (tertiary/aromatic N) is 1. The van der Waals surface area contributed by atoms with Gasteiger partial charge in [0.25, 0.3) is 5.91 Å². The maximum Gasteiger partial charge on any atom is 0.251 e. The van der Waals surface area contributed by atoms with Gasteiger partial charge >= 0.3 is 0 Å². The molecule has 0 spiro atoms. The Kier molecular flexibility index (Phi) is 7.38. The van der Waals surface area contributed by atoms with E-state index in [2.05, 4.69) is 15.0 Å². The average molecular weight is 440 g/mol. The van der Waals surface area contributed by atoms with Crippen molar-refractivity contribution < 1.29 is 17.9 Å². The van der Waals surface area contributed by atoms with Crippen LogP contribution in [-0.4, -0.2) is 25.4 Å².